The Labute approximate surface area is 160 Å². The molecule has 2 heterocycles. The molecule has 144 valence electrons. The molecule has 1 aliphatic rings. The van der Waals surface area contributed by atoms with E-state index >= 15 is 0 Å². The lowest BCUT2D eigenvalue weighted by atomic mass is 9.98. The minimum Gasteiger partial charge on any atom is -0.466 e. The second-order valence-electron chi connectivity index (χ2n) is 6.15. The fourth-order valence-corrected chi connectivity index (χ4v) is 3.48. The van der Waals surface area contributed by atoms with Gasteiger partial charge in [0.2, 0.25) is 0 Å². The number of rotatable bonds is 6. The molecule has 2 aromatic rings. The summed E-state index contributed by atoms with van der Waals surface area (Å²) in [5, 5.41) is 0. The number of amides is 1. The molecule has 1 aliphatic heterocycles. The number of piperidine rings is 1. The molecule has 0 aliphatic carbocycles. The minimum absolute atomic E-state index is 0.193. The van der Waals surface area contributed by atoms with Crippen LogP contribution < -0.4 is 4.74 Å². The maximum atomic E-state index is 13.4. The van der Waals surface area contributed by atoms with Crippen LogP contribution in [-0.2, 0) is 14.3 Å². The number of halogens is 1. The van der Waals surface area contributed by atoms with Gasteiger partial charge in [0.05, 0.1) is 24.3 Å². The van der Waals surface area contributed by atoms with Gasteiger partial charge in [-0.1, -0.05) is 12.1 Å². The Kier molecular flexibility index (Phi) is 6.33. The first-order valence-electron chi connectivity index (χ1n) is 8.74. The van der Waals surface area contributed by atoms with Crippen molar-refractivity contribution in [1.82, 2.24) is 13.6 Å². The molecule has 0 saturated carbocycles. The lowest BCUT2D eigenvalue weighted by Crippen LogP contribution is -2.44. The van der Waals surface area contributed by atoms with Crippen molar-refractivity contribution < 1.29 is 23.5 Å². The van der Waals surface area contributed by atoms with Crippen LogP contribution in [0.25, 0.3) is 11.3 Å². The first kappa shape index (κ1) is 19.2. The van der Waals surface area contributed by atoms with E-state index in [0.29, 0.717) is 37.4 Å². The second-order valence-corrected chi connectivity index (χ2v) is 6.68. The standard InChI is InChI=1S/C18H20FN3O4S/c1-2-25-18(24)13-6-4-8-22(10-13)15(23)11-26-17-16(20-27-21-17)12-5-3-7-14(19)9-12/h3,5,7,9,13H,2,4,6,8,10-11H2,1H3. The Morgan fingerprint density at radius 2 is 2.22 bits per heavy atom. The molecule has 0 spiro atoms. The van der Waals surface area contributed by atoms with Crippen molar-refractivity contribution in [2.75, 3.05) is 26.3 Å². The summed E-state index contributed by atoms with van der Waals surface area (Å²) in [6.45, 7) is 2.77. The fourth-order valence-electron chi connectivity index (χ4n) is 2.96. The van der Waals surface area contributed by atoms with E-state index in [4.69, 9.17) is 9.47 Å². The topological polar surface area (TPSA) is 81.6 Å². The molecule has 0 N–H and O–H groups in total. The molecule has 0 radical (unpaired) electrons. The third-order valence-corrected chi connectivity index (χ3v) is 4.79. The summed E-state index contributed by atoms with van der Waals surface area (Å²) >= 11 is 0.930. The zero-order chi connectivity index (χ0) is 19.2. The molecule has 27 heavy (non-hydrogen) atoms. The number of nitrogens with zero attached hydrogens (tertiary/aromatic N) is 3. The Bertz CT molecular complexity index is 813. The third-order valence-electron chi connectivity index (χ3n) is 4.28. The molecule has 3 rings (SSSR count). The van der Waals surface area contributed by atoms with Gasteiger partial charge < -0.3 is 14.4 Å². The molecule has 0 bridgehead atoms. The van der Waals surface area contributed by atoms with Crippen LogP contribution in [0.2, 0.25) is 0 Å². The molecule has 1 amide bonds. The molecule has 1 aromatic heterocycles. The van der Waals surface area contributed by atoms with Gasteiger partial charge in [-0.15, -0.1) is 4.37 Å². The number of ether oxygens (including phenoxy) is 2. The highest BCUT2D eigenvalue weighted by atomic mass is 32.1. The molecule has 1 saturated heterocycles. The van der Waals surface area contributed by atoms with Crippen molar-refractivity contribution in [2.24, 2.45) is 5.92 Å². The van der Waals surface area contributed by atoms with Crippen LogP contribution >= 0.6 is 11.7 Å². The Hall–Kier alpha value is -2.55. The van der Waals surface area contributed by atoms with Crippen molar-refractivity contribution in [3.8, 4) is 17.1 Å². The summed E-state index contributed by atoms with van der Waals surface area (Å²) < 4.78 is 32.2. The van der Waals surface area contributed by atoms with Crippen LogP contribution in [0.15, 0.2) is 24.3 Å². The molecule has 1 aromatic carbocycles. The number of benzene rings is 1. The monoisotopic (exact) mass is 393 g/mol. The van der Waals surface area contributed by atoms with Crippen molar-refractivity contribution in [1.29, 1.82) is 0 Å². The summed E-state index contributed by atoms with van der Waals surface area (Å²) in [5.41, 5.74) is 0.932. The average Bonchev–Trinajstić information content (AvgIpc) is 3.15. The van der Waals surface area contributed by atoms with E-state index in [1.807, 2.05) is 0 Å². The average molecular weight is 393 g/mol. The molecular formula is C18H20FN3O4S. The van der Waals surface area contributed by atoms with Crippen LogP contribution in [0.5, 0.6) is 5.88 Å². The van der Waals surface area contributed by atoms with Gasteiger partial charge in [0, 0.05) is 18.7 Å². The number of hydrogen-bond acceptors (Lipinski definition) is 7. The molecule has 7 nitrogen and oxygen atoms in total. The van der Waals surface area contributed by atoms with E-state index in [2.05, 4.69) is 8.75 Å². The lowest BCUT2D eigenvalue weighted by Gasteiger charge is -2.31. The zero-order valence-electron chi connectivity index (χ0n) is 14.9. The van der Waals surface area contributed by atoms with E-state index in [9.17, 15) is 14.0 Å². The van der Waals surface area contributed by atoms with Crippen molar-refractivity contribution >= 4 is 23.6 Å². The Morgan fingerprint density at radius 3 is 3.00 bits per heavy atom. The largest absolute Gasteiger partial charge is 0.466 e. The number of aromatic nitrogens is 2. The highest BCUT2D eigenvalue weighted by molar-refractivity contribution is 6.99. The van der Waals surface area contributed by atoms with E-state index in [-0.39, 0.29) is 36.1 Å². The first-order valence-corrected chi connectivity index (χ1v) is 9.47. The van der Waals surface area contributed by atoms with Crippen LogP contribution in [0, 0.1) is 11.7 Å². The van der Waals surface area contributed by atoms with Gasteiger partial charge in [-0.3, -0.25) is 9.59 Å². The Balaban J connectivity index is 1.60. The summed E-state index contributed by atoms with van der Waals surface area (Å²) in [4.78, 5) is 26.0. The maximum absolute atomic E-state index is 13.4. The molecule has 1 fully saturated rings. The van der Waals surface area contributed by atoms with Crippen LogP contribution in [0.4, 0.5) is 4.39 Å². The van der Waals surface area contributed by atoms with Gasteiger partial charge in [0.1, 0.15) is 11.5 Å². The van der Waals surface area contributed by atoms with Crippen LogP contribution in [0.1, 0.15) is 19.8 Å². The molecular weight excluding hydrogens is 373 g/mol. The van der Waals surface area contributed by atoms with Gasteiger partial charge >= 0.3 is 5.97 Å². The first-order chi connectivity index (χ1) is 13.1. The van der Waals surface area contributed by atoms with Crippen LogP contribution in [0.3, 0.4) is 0 Å². The summed E-state index contributed by atoms with van der Waals surface area (Å²) in [6, 6.07) is 5.94. The van der Waals surface area contributed by atoms with Crippen molar-refractivity contribution in [2.45, 2.75) is 19.8 Å². The van der Waals surface area contributed by atoms with Gasteiger partial charge in [0.25, 0.3) is 11.8 Å². The van der Waals surface area contributed by atoms with Crippen LogP contribution in [-0.4, -0.2) is 51.8 Å². The SMILES string of the molecule is CCOC(=O)C1CCCN(C(=O)COc2nsnc2-c2cccc(F)c2)C1. The molecule has 1 atom stereocenters. The summed E-state index contributed by atoms with van der Waals surface area (Å²) in [7, 11) is 0. The maximum Gasteiger partial charge on any atom is 0.310 e. The van der Waals surface area contributed by atoms with E-state index in [1.54, 1.807) is 24.0 Å². The van der Waals surface area contributed by atoms with Gasteiger partial charge in [-0.05, 0) is 31.9 Å². The zero-order valence-corrected chi connectivity index (χ0v) is 15.7. The van der Waals surface area contributed by atoms with Gasteiger partial charge in [-0.25, -0.2) is 4.39 Å². The fraction of sp³-hybridized carbons (Fsp3) is 0.444. The minimum atomic E-state index is -0.388. The number of carbonyl (C=O) groups excluding carboxylic acids is 2. The molecule has 1 unspecified atom stereocenters. The quantitative estimate of drug-likeness (QED) is 0.702. The van der Waals surface area contributed by atoms with Gasteiger partial charge in [0.15, 0.2) is 6.61 Å². The summed E-state index contributed by atoms with van der Waals surface area (Å²) in [6.07, 6.45) is 1.45. The predicted molar refractivity (Wildman–Crippen MR) is 96.7 cm³/mol. The molecule has 9 heteroatoms. The lowest BCUT2D eigenvalue weighted by molar-refractivity contribution is -0.151. The summed E-state index contributed by atoms with van der Waals surface area (Å²) in [5.74, 6) is -1.000. The van der Waals surface area contributed by atoms with E-state index < -0.39 is 0 Å². The predicted octanol–water partition coefficient (Wildman–Crippen LogP) is 2.52. The Morgan fingerprint density at radius 1 is 1.37 bits per heavy atom. The number of likely N-dealkylation sites (tertiary alicyclic amines) is 1. The third kappa shape index (κ3) is 4.79. The highest BCUT2D eigenvalue weighted by Crippen LogP contribution is 2.28. The van der Waals surface area contributed by atoms with E-state index in [1.165, 1.54) is 12.1 Å². The second kappa shape index (κ2) is 8.90. The number of hydrogen-bond donors (Lipinski definition) is 0. The van der Waals surface area contributed by atoms with Gasteiger partial charge in [-0.2, -0.15) is 4.37 Å². The van der Waals surface area contributed by atoms with Crippen molar-refractivity contribution in [3.63, 3.8) is 0 Å². The van der Waals surface area contributed by atoms with Crippen molar-refractivity contribution in [3.05, 3.63) is 30.1 Å². The smallest absolute Gasteiger partial charge is 0.310 e. The number of carbonyl (C=O) groups is 2. The number of esters is 1. The highest BCUT2D eigenvalue weighted by Gasteiger charge is 2.29. The normalized spacial score (nSPS) is 16.8. The van der Waals surface area contributed by atoms with E-state index in [0.717, 1.165) is 18.1 Å².